The lowest BCUT2D eigenvalue weighted by Crippen LogP contribution is -2.42. The third-order valence-electron chi connectivity index (χ3n) is 4.06. The lowest BCUT2D eigenvalue weighted by Gasteiger charge is -2.34. The molecule has 0 aliphatic heterocycles. The molecule has 0 amide bonds. The number of halogens is 1. The Kier molecular flexibility index (Phi) is 6.65. The van der Waals surface area contributed by atoms with E-state index in [0.29, 0.717) is 19.3 Å². The predicted molar refractivity (Wildman–Crippen MR) is 87.6 cm³/mol. The van der Waals surface area contributed by atoms with Gasteiger partial charge in [0.2, 0.25) is 0 Å². The van der Waals surface area contributed by atoms with Gasteiger partial charge in [-0.15, -0.1) is 11.6 Å². The van der Waals surface area contributed by atoms with Crippen LogP contribution in [0.1, 0.15) is 32.6 Å². The summed E-state index contributed by atoms with van der Waals surface area (Å²) in [7, 11) is 2.14. The number of hydrogen-bond acceptors (Lipinski definition) is 3. The maximum atomic E-state index is 6.44. The first-order valence-corrected chi connectivity index (χ1v) is 8.35. The van der Waals surface area contributed by atoms with Crippen LogP contribution in [0.2, 0.25) is 0 Å². The highest BCUT2D eigenvalue weighted by Gasteiger charge is 2.26. The SMILES string of the molecule is CCOc1ccccc1OCCN(C)C1CCCCC1Cl. The molecule has 3 nitrogen and oxygen atoms in total. The number of rotatable bonds is 7. The number of para-hydroxylation sites is 2. The van der Waals surface area contributed by atoms with Gasteiger partial charge in [-0.25, -0.2) is 0 Å². The van der Waals surface area contributed by atoms with Gasteiger partial charge in [-0.3, -0.25) is 4.90 Å². The highest BCUT2D eigenvalue weighted by molar-refractivity contribution is 6.21. The Morgan fingerprint density at radius 1 is 1.14 bits per heavy atom. The maximum Gasteiger partial charge on any atom is 0.161 e. The molecule has 0 bridgehead atoms. The number of nitrogens with zero attached hydrogens (tertiary/aromatic N) is 1. The molecule has 1 saturated carbocycles. The van der Waals surface area contributed by atoms with Gasteiger partial charge in [0.15, 0.2) is 11.5 Å². The molecule has 21 heavy (non-hydrogen) atoms. The fourth-order valence-corrected chi connectivity index (χ4v) is 3.34. The zero-order chi connectivity index (χ0) is 15.1. The first-order valence-electron chi connectivity index (χ1n) is 7.91. The Hall–Kier alpha value is -0.930. The summed E-state index contributed by atoms with van der Waals surface area (Å²) in [5.74, 6) is 1.63. The molecule has 4 heteroatoms. The van der Waals surface area contributed by atoms with E-state index in [9.17, 15) is 0 Å². The molecule has 1 aliphatic rings. The fourth-order valence-electron chi connectivity index (χ4n) is 2.87. The summed E-state index contributed by atoms with van der Waals surface area (Å²) < 4.78 is 11.4. The molecule has 1 aromatic rings. The van der Waals surface area contributed by atoms with Crippen molar-refractivity contribution in [3.63, 3.8) is 0 Å². The van der Waals surface area contributed by atoms with Crippen molar-refractivity contribution in [2.45, 2.75) is 44.0 Å². The van der Waals surface area contributed by atoms with Crippen LogP contribution in [-0.2, 0) is 0 Å². The Bertz CT molecular complexity index is 427. The molecular weight excluding hydrogens is 286 g/mol. The Morgan fingerprint density at radius 3 is 2.48 bits per heavy atom. The minimum Gasteiger partial charge on any atom is -0.490 e. The van der Waals surface area contributed by atoms with Crippen LogP contribution < -0.4 is 9.47 Å². The van der Waals surface area contributed by atoms with Crippen LogP contribution in [0, 0.1) is 0 Å². The van der Waals surface area contributed by atoms with Crippen molar-refractivity contribution in [1.29, 1.82) is 0 Å². The molecule has 2 rings (SSSR count). The van der Waals surface area contributed by atoms with Crippen LogP contribution in [0.4, 0.5) is 0 Å². The zero-order valence-corrected chi connectivity index (χ0v) is 13.8. The van der Waals surface area contributed by atoms with Crippen LogP contribution in [0.5, 0.6) is 11.5 Å². The summed E-state index contributed by atoms with van der Waals surface area (Å²) in [5, 5.41) is 0.277. The molecule has 2 unspecified atom stereocenters. The van der Waals surface area contributed by atoms with E-state index < -0.39 is 0 Å². The molecule has 0 heterocycles. The quantitative estimate of drug-likeness (QED) is 0.712. The van der Waals surface area contributed by atoms with Crippen molar-refractivity contribution in [1.82, 2.24) is 4.90 Å². The van der Waals surface area contributed by atoms with Crippen molar-refractivity contribution in [3.05, 3.63) is 24.3 Å². The van der Waals surface area contributed by atoms with E-state index in [4.69, 9.17) is 21.1 Å². The largest absolute Gasteiger partial charge is 0.490 e. The van der Waals surface area contributed by atoms with Crippen LogP contribution in [0.15, 0.2) is 24.3 Å². The Balaban J connectivity index is 1.81. The molecule has 2 atom stereocenters. The van der Waals surface area contributed by atoms with Crippen molar-refractivity contribution in [3.8, 4) is 11.5 Å². The summed E-state index contributed by atoms with van der Waals surface area (Å²) in [6, 6.07) is 8.31. The van der Waals surface area contributed by atoms with Crippen LogP contribution in [0.3, 0.4) is 0 Å². The summed E-state index contributed by atoms with van der Waals surface area (Å²) in [4.78, 5) is 2.33. The molecule has 1 aliphatic carbocycles. The minimum atomic E-state index is 0.277. The first-order chi connectivity index (χ1) is 10.2. The van der Waals surface area contributed by atoms with E-state index in [1.54, 1.807) is 0 Å². The molecule has 1 fully saturated rings. The summed E-state index contributed by atoms with van der Waals surface area (Å²) in [5.41, 5.74) is 0. The predicted octanol–water partition coefficient (Wildman–Crippen LogP) is 3.95. The molecule has 0 radical (unpaired) electrons. The first kappa shape index (κ1) is 16.4. The number of alkyl halides is 1. The zero-order valence-electron chi connectivity index (χ0n) is 13.1. The average molecular weight is 312 g/mol. The van der Waals surface area contributed by atoms with Gasteiger partial charge in [-0.05, 0) is 38.9 Å². The average Bonchev–Trinajstić information content (AvgIpc) is 2.49. The van der Waals surface area contributed by atoms with E-state index in [1.807, 2.05) is 31.2 Å². The minimum absolute atomic E-state index is 0.277. The number of ether oxygens (including phenoxy) is 2. The number of benzene rings is 1. The molecule has 0 saturated heterocycles. The molecule has 0 spiro atoms. The molecule has 1 aromatic carbocycles. The van der Waals surface area contributed by atoms with E-state index in [0.717, 1.165) is 24.5 Å². The molecule has 0 aromatic heterocycles. The standard InChI is InChI=1S/C17H26ClNO2/c1-3-20-16-10-6-7-11-17(16)21-13-12-19(2)15-9-5-4-8-14(15)18/h6-7,10-11,14-15H,3-5,8-9,12-13H2,1-2H3. The van der Waals surface area contributed by atoms with Crippen molar-refractivity contribution in [2.24, 2.45) is 0 Å². The molecular formula is C17H26ClNO2. The van der Waals surface area contributed by atoms with E-state index >= 15 is 0 Å². The van der Waals surface area contributed by atoms with Crippen molar-refractivity contribution in [2.75, 3.05) is 26.8 Å². The normalized spacial score (nSPS) is 22.3. The van der Waals surface area contributed by atoms with Crippen LogP contribution in [0.25, 0.3) is 0 Å². The monoisotopic (exact) mass is 311 g/mol. The van der Waals surface area contributed by atoms with Crippen LogP contribution >= 0.6 is 11.6 Å². The highest BCUT2D eigenvalue weighted by atomic mass is 35.5. The van der Waals surface area contributed by atoms with E-state index in [1.165, 1.54) is 19.3 Å². The second-order valence-corrected chi connectivity index (χ2v) is 6.14. The number of hydrogen-bond donors (Lipinski definition) is 0. The highest BCUT2D eigenvalue weighted by Crippen LogP contribution is 2.28. The Morgan fingerprint density at radius 2 is 1.81 bits per heavy atom. The van der Waals surface area contributed by atoms with Crippen molar-refractivity contribution < 1.29 is 9.47 Å². The van der Waals surface area contributed by atoms with Gasteiger partial charge in [-0.1, -0.05) is 25.0 Å². The molecule has 0 N–H and O–H groups in total. The Labute approximate surface area is 133 Å². The third kappa shape index (κ3) is 4.79. The van der Waals surface area contributed by atoms with Gasteiger partial charge in [0.1, 0.15) is 6.61 Å². The van der Waals surface area contributed by atoms with Gasteiger partial charge < -0.3 is 9.47 Å². The van der Waals surface area contributed by atoms with Gasteiger partial charge in [0.05, 0.1) is 6.61 Å². The van der Waals surface area contributed by atoms with E-state index in [-0.39, 0.29) is 5.38 Å². The topological polar surface area (TPSA) is 21.7 Å². The molecule has 118 valence electrons. The van der Waals surface area contributed by atoms with Gasteiger partial charge in [0.25, 0.3) is 0 Å². The van der Waals surface area contributed by atoms with Gasteiger partial charge in [-0.2, -0.15) is 0 Å². The maximum absolute atomic E-state index is 6.44. The summed E-state index contributed by atoms with van der Waals surface area (Å²) in [6.45, 7) is 4.17. The summed E-state index contributed by atoms with van der Waals surface area (Å²) in [6.07, 6.45) is 4.87. The lowest BCUT2D eigenvalue weighted by atomic mass is 9.94. The van der Waals surface area contributed by atoms with Crippen molar-refractivity contribution >= 4 is 11.6 Å². The van der Waals surface area contributed by atoms with E-state index in [2.05, 4.69) is 11.9 Å². The fraction of sp³-hybridized carbons (Fsp3) is 0.647. The third-order valence-corrected chi connectivity index (χ3v) is 4.57. The second-order valence-electron chi connectivity index (χ2n) is 5.58. The van der Waals surface area contributed by atoms with Gasteiger partial charge >= 0.3 is 0 Å². The lowest BCUT2D eigenvalue weighted by molar-refractivity contribution is 0.160. The number of likely N-dealkylation sites (N-methyl/N-ethyl adjacent to an activating group) is 1. The second kappa shape index (κ2) is 8.50. The summed E-state index contributed by atoms with van der Waals surface area (Å²) >= 11 is 6.44. The van der Waals surface area contributed by atoms with Crippen LogP contribution in [-0.4, -0.2) is 43.1 Å². The van der Waals surface area contributed by atoms with Gasteiger partial charge in [0, 0.05) is 18.0 Å². The smallest absolute Gasteiger partial charge is 0.161 e.